The van der Waals surface area contributed by atoms with Crippen LogP contribution < -0.4 is 11.1 Å². The van der Waals surface area contributed by atoms with Crippen LogP contribution in [0.4, 0.5) is 0 Å². The van der Waals surface area contributed by atoms with Gasteiger partial charge in [0.1, 0.15) is 0 Å². The van der Waals surface area contributed by atoms with Gasteiger partial charge < -0.3 is 11.1 Å². The Hall–Kier alpha value is -1.35. The molecule has 1 atom stereocenters. The zero-order chi connectivity index (χ0) is 14.3. The number of carbonyl (C=O) groups excluding carboxylic acids is 1. The number of nitrogens with one attached hydrogen (secondary N) is 1. The van der Waals surface area contributed by atoms with Crippen LogP contribution in [0.1, 0.15) is 45.6 Å². The summed E-state index contributed by atoms with van der Waals surface area (Å²) in [5.41, 5.74) is 7.04. The summed E-state index contributed by atoms with van der Waals surface area (Å²) in [6, 6.07) is 10.2. The van der Waals surface area contributed by atoms with Crippen molar-refractivity contribution in [2.45, 2.75) is 51.5 Å². The molecule has 1 aromatic carbocycles. The molecule has 0 saturated heterocycles. The van der Waals surface area contributed by atoms with Crippen LogP contribution in [0.25, 0.3) is 0 Å². The number of carbonyl (C=O) groups is 1. The van der Waals surface area contributed by atoms with Crippen LogP contribution in [-0.2, 0) is 10.2 Å². The van der Waals surface area contributed by atoms with Gasteiger partial charge in [-0.15, -0.1) is 0 Å². The number of nitrogens with two attached hydrogens (primary N) is 1. The van der Waals surface area contributed by atoms with Gasteiger partial charge in [0, 0.05) is 24.4 Å². The average Bonchev–Trinajstić information content (AvgIpc) is 2.38. The van der Waals surface area contributed by atoms with E-state index in [2.05, 4.69) is 38.2 Å². The van der Waals surface area contributed by atoms with Crippen LogP contribution in [0.5, 0.6) is 0 Å². The van der Waals surface area contributed by atoms with Gasteiger partial charge in [-0.25, -0.2) is 0 Å². The zero-order valence-electron chi connectivity index (χ0n) is 12.3. The highest BCUT2D eigenvalue weighted by molar-refractivity contribution is 5.76. The smallest absolute Gasteiger partial charge is 0.221 e. The molecule has 0 aromatic heterocycles. The molecular weight excluding hydrogens is 236 g/mol. The highest BCUT2D eigenvalue weighted by Crippen LogP contribution is 2.21. The lowest BCUT2D eigenvalue weighted by Gasteiger charge is -2.26. The number of benzene rings is 1. The molecule has 19 heavy (non-hydrogen) atoms. The maximum atomic E-state index is 11.8. The third-order valence-electron chi connectivity index (χ3n) is 3.39. The molecule has 3 heteroatoms. The summed E-state index contributed by atoms with van der Waals surface area (Å²) in [7, 11) is 0. The van der Waals surface area contributed by atoms with Gasteiger partial charge in [-0.1, -0.05) is 57.5 Å². The van der Waals surface area contributed by atoms with Crippen LogP contribution in [0.15, 0.2) is 30.3 Å². The molecule has 3 N–H and O–H groups in total. The Morgan fingerprint density at radius 2 is 1.95 bits per heavy atom. The van der Waals surface area contributed by atoms with Gasteiger partial charge in [-0.3, -0.25) is 4.79 Å². The second-order valence-electron chi connectivity index (χ2n) is 5.78. The molecule has 0 bridgehead atoms. The first-order valence-electron chi connectivity index (χ1n) is 7.03. The van der Waals surface area contributed by atoms with Gasteiger partial charge in [0.15, 0.2) is 0 Å². The highest BCUT2D eigenvalue weighted by atomic mass is 16.1. The monoisotopic (exact) mass is 262 g/mol. The second-order valence-corrected chi connectivity index (χ2v) is 5.78. The Morgan fingerprint density at radius 3 is 2.53 bits per heavy atom. The molecule has 0 spiro atoms. The fourth-order valence-corrected chi connectivity index (χ4v) is 2.09. The Balaban J connectivity index is 2.45. The third-order valence-corrected chi connectivity index (χ3v) is 3.39. The zero-order valence-corrected chi connectivity index (χ0v) is 12.3. The minimum Gasteiger partial charge on any atom is -0.355 e. The van der Waals surface area contributed by atoms with Crippen LogP contribution >= 0.6 is 0 Å². The van der Waals surface area contributed by atoms with Crippen molar-refractivity contribution in [3.8, 4) is 0 Å². The summed E-state index contributed by atoms with van der Waals surface area (Å²) in [5.74, 6) is 0.0463. The maximum absolute atomic E-state index is 11.8. The molecule has 106 valence electrons. The van der Waals surface area contributed by atoms with Crippen molar-refractivity contribution in [2.24, 2.45) is 5.73 Å². The van der Waals surface area contributed by atoms with Crippen LogP contribution in [-0.4, -0.2) is 18.5 Å². The number of rotatable bonds is 7. The van der Waals surface area contributed by atoms with Gasteiger partial charge in [0.05, 0.1) is 0 Å². The van der Waals surface area contributed by atoms with Gasteiger partial charge in [-0.05, 0) is 12.0 Å². The Bertz CT molecular complexity index is 387. The van der Waals surface area contributed by atoms with E-state index < -0.39 is 0 Å². The van der Waals surface area contributed by atoms with E-state index in [1.165, 1.54) is 5.56 Å². The molecule has 0 aliphatic carbocycles. The standard InChI is InChI=1S/C16H26N2O/c1-4-8-14(17)11-15(19)18-12-16(2,3)13-9-6-5-7-10-13/h5-7,9-10,14H,4,8,11-12,17H2,1-3H3,(H,18,19). The predicted octanol–water partition coefficient (Wildman–Crippen LogP) is 2.60. The lowest BCUT2D eigenvalue weighted by molar-refractivity contribution is -0.121. The Morgan fingerprint density at radius 1 is 1.32 bits per heavy atom. The van der Waals surface area contributed by atoms with Gasteiger partial charge in [-0.2, -0.15) is 0 Å². The molecule has 0 radical (unpaired) electrons. The molecule has 0 aliphatic heterocycles. The third kappa shape index (κ3) is 5.43. The van der Waals surface area contributed by atoms with Crippen molar-refractivity contribution in [3.63, 3.8) is 0 Å². The van der Waals surface area contributed by atoms with Crippen LogP contribution in [0.2, 0.25) is 0 Å². The lowest BCUT2D eigenvalue weighted by atomic mass is 9.84. The number of amides is 1. The summed E-state index contributed by atoms with van der Waals surface area (Å²) < 4.78 is 0. The van der Waals surface area contributed by atoms with Crippen LogP contribution in [0.3, 0.4) is 0 Å². The lowest BCUT2D eigenvalue weighted by Crippen LogP contribution is -2.39. The van der Waals surface area contributed by atoms with Gasteiger partial charge in [0.25, 0.3) is 0 Å². The molecule has 1 rings (SSSR count). The predicted molar refractivity (Wildman–Crippen MR) is 80.0 cm³/mol. The van der Waals surface area contributed by atoms with E-state index in [9.17, 15) is 4.79 Å². The summed E-state index contributed by atoms with van der Waals surface area (Å²) in [6.07, 6.45) is 2.33. The number of hydrogen-bond acceptors (Lipinski definition) is 2. The Labute approximate surface area is 116 Å². The van der Waals surface area contributed by atoms with Crippen molar-refractivity contribution < 1.29 is 4.79 Å². The quantitative estimate of drug-likeness (QED) is 0.793. The van der Waals surface area contributed by atoms with Crippen LogP contribution in [0, 0.1) is 0 Å². The molecule has 0 saturated carbocycles. The van der Waals surface area contributed by atoms with E-state index in [0.717, 1.165) is 12.8 Å². The summed E-state index contributed by atoms with van der Waals surface area (Å²) >= 11 is 0. The van der Waals surface area contributed by atoms with E-state index in [0.29, 0.717) is 13.0 Å². The van der Waals surface area contributed by atoms with Crippen molar-refractivity contribution in [1.29, 1.82) is 0 Å². The fourth-order valence-electron chi connectivity index (χ4n) is 2.09. The average molecular weight is 262 g/mol. The van der Waals surface area contributed by atoms with Crippen molar-refractivity contribution in [3.05, 3.63) is 35.9 Å². The van der Waals surface area contributed by atoms with E-state index in [1.54, 1.807) is 0 Å². The fraction of sp³-hybridized carbons (Fsp3) is 0.562. The minimum absolute atomic E-state index is 0.0233. The molecule has 0 aliphatic rings. The SMILES string of the molecule is CCCC(N)CC(=O)NCC(C)(C)c1ccccc1. The molecule has 1 amide bonds. The Kier molecular flexibility index (Phi) is 6.03. The topological polar surface area (TPSA) is 55.1 Å². The molecule has 0 fully saturated rings. The molecule has 3 nitrogen and oxygen atoms in total. The van der Waals surface area contributed by atoms with E-state index in [4.69, 9.17) is 5.73 Å². The normalized spacial score (nSPS) is 13.1. The molecule has 0 heterocycles. The first-order chi connectivity index (χ1) is 8.95. The molecule has 1 unspecified atom stereocenters. The summed E-state index contributed by atoms with van der Waals surface area (Å²) in [5, 5.41) is 2.99. The van der Waals surface area contributed by atoms with Crippen molar-refractivity contribution in [2.75, 3.05) is 6.54 Å². The van der Waals surface area contributed by atoms with Gasteiger partial charge in [0.2, 0.25) is 5.91 Å². The summed E-state index contributed by atoms with van der Waals surface area (Å²) in [6.45, 7) is 6.98. The van der Waals surface area contributed by atoms with Crippen molar-refractivity contribution >= 4 is 5.91 Å². The van der Waals surface area contributed by atoms with Gasteiger partial charge >= 0.3 is 0 Å². The molecule has 1 aromatic rings. The minimum atomic E-state index is -0.0637. The largest absolute Gasteiger partial charge is 0.355 e. The van der Waals surface area contributed by atoms with E-state index >= 15 is 0 Å². The van der Waals surface area contributed by atoms with E-state index in [1.807, 2.05) is 18.2 Å². The first-order valence-corrected chi connectivity index (χ1v) is 7.03. The first kappa shape index (κ1) is 15.7. The highest BCUT2D eigenvalue weighted by Gasteiger charge is 2.21. The summed E-state index contributed by atoms with van der Waals surface area (Å²) in [4.78, 5) is 11.8. The van der Waals surface area contributed by atoms with Crippen molar-refractivity contribution in [1.82, 2.24) is 5.32 Å². The number of hydrogen-bond donors (Lipinski definition) is 2. The maximum Gasteiger partial charge on any atom is 0.221 e. The second kappa shape index (κ2) is 7.29. The molecular formula is C16H26N2O. The van der Waals surface area contributed by atoms with E-state index in [-0.39, 0.29) is 17.4 Å².